The van der Waals surface area contributed by atoms with Crippen LogP contribution >= 0.6 is 0 Å². The van der Waals surface area contributed by atoms with E-state index in [9.17, 15) is 19.5 Å². The number of alkyl carbamates (subject to hydrolysis) is 1. The second-order valence-corrected chi connectivity index (χ2v) is 8.58. The highest BCUT2D eigenvalue weighted by Crippen LogP contribution is 2.44. The molecule has 4 N–H and O–H groups in total. The number of nitrogens with zero attached hydrogens (tertiary/aromatic N) is 2. The number of carboxylic acids is 1. The Bertz CT molecular complexity index is 1220. The molecule has 0 saturated carbocycles. The van der Waals surface area contributed by atoms with Gasteiger partial charge in [0.25, 0.3) is 0 Å². The summed E-state index contributed by atoms with van der Waals surface area (Å²) in [6.07, 6.45) is 0.640. The molecule has 10 nitrogen and oxygen atoms in total. The summed E-state index contributed by atoms with van der Waals surface area (Å²) in [4.78, 5) is 36.8. The van der Waals surface area contributed by atoms with Crippen LogP contribution in [0.15, 0.2) is 60.8 Å². The first-order valence-corrected chi connectivity index (χ1v) is 11.0. The Hall–Kier alpha value is -4.18. The lowest BCUT2D eigenvalue weighted by molar-refractivity contribution is -0.156. The molecule has 0 spiro atoms. The van der Waals surface area contributed by atoms with E-state index in [1.54, 1.807) is 13.1 Å². The van der Waals surface area contributed by atoms with E-state index in [1.165, 1.54) is 10.9 Å². The maximum Gasteiger partial charge on any atom is 0.408 e. The van der Waals surface area contributed by atoms with Crippen molar-refractivity contribution in [2.45, 2.75) is 24.5 Å². The normalized spacial score (nSPS) is 14.8. The number of aliphatic carboxylic acids is 1. The van der Waals surface area contributed by atoms with Gasteiger partial charge in [-0.05, 0) is 35.2 Å². The standard InChI is InChI=1S/C25H26N4O6/c1-25(34,23(31)32)14-26-22(30)21(20-11-12-27-29(20)2)28-24(33)35-13-19-17-9-5-3-7-15(17)16-8-4-6-10-18(16)19/h3-12,19,21,34H,13-14H2,1-2H3,(H,26,30)(H,28,33)(H,31,32). The zero-order valence-corrected chi connectivity index (χ0v) is 19.3. The van der Waals surface area contributed by atoms with Crippen LogP contribution in [0.3, 0.4) is 0 Å². The van der Waals surface area contributed by atoms with Crippen LogP contribution in [0.5, 0.6) is 0 Å². The first kappa shape index (κ1) is 24.0. The summed E-state index contributed by atoms with van der Waals surface area (Å²) in [6, 6.07) is 16.2. The van der Waals surface area contributed by atoms with Gasteiger partial charge in [-0.15, -0.1) is 0 Å². The lowest BCUT2D eigenvalue weighted by atomic mass is 9.98. The van der Waals surface area contributed by atoms with Crippen LogP contribution in [0.4, 0.5) is 4.79 Å². The summed E-state index contributed by atoms with van der Waals surface area (Å²) in [7, 11) is 1.60. The summed E-state index contributed by atoms with van der Waals surface area (Å²) in [5, 5.41) is 27.9. The first-order valence-electron chi connectivity index (χ1n) is 11.0. The van der Waals surface area contributed by atoms with Gasteiger partial charge >= 0.3 is 12.1 Å². The van der Waals surface area contributed by atoms with Crippen molar-refractivity contribution < 1.29 is 29.3 Å². The number of hydrogen-bond donors (Lipinski definition) is 4. The second-order valence-electron chi connectivity index (χ2n) is 8.58. The number of carbonyl (C=O) groups excluding carboxylic acids is 2. The van der Waals surface area contributed by atoms with Crippen molar-refractivity contribution in [2.24, 2.45) is 7.05 Å². The number of rotatable bonds is 8. The smallest absolute Gasteiger partial charge is 0.408 e. The average Bonchev–Trinajstić information content (AvgIpc) is 3.40. The molecule has 1 aliphatic carbocycles. The minimum Gasteiger partial charge on any atom is -0.479 e. The molecule has 1 heterocycles. The summed E-state index contributed by atoms with van der Waals surface area (Å²) in [5.74, 6) is -2.36. The van der Waals surface area contributed by atoms with Gasteiger partial charge in [-0.1, -0.05) is 48.5 Å². The summed E-state index contributed by atoms with van der Waals surface area (Å²) < 4.78 is 6.94. The Kier molecular flexibility index (Phi) is 6.57. The Labute approximate surface area is 201 Å². The number of hydrogen-bond acceptors (Lipinski definition) is 6. The molecule has 1 aliphatic rings. The zero-order valence-electron chi connectivity index (χ0n) is 19.3. The molecule has 0 radical (unpaired) electrons. The monoisotopic (exact) mass is 478 g/mol. The van der Waals surface area contributed by atoms with Crippen LogP contribution < -0.4 is 10.6 Å². The third kappa shape index (κ3) is 4.87. The molecule has 182 valence electrons. The highest BCUT2D eigenvalue weighted by atomic mass is 16.5. The molecule has 10 heteroatoms. The lowest BCUT2D eigenvalue weighted by Gasteiger charge is -2.23. The molecule has 0 fully saturated rings. The Morgan fingerprint density at radius 1 is 1.09 bits per heavy atom. The van der Waals surface area contributed by atoms with Crippen LogP contribution in [0.1, 0.15) is 35.7 Å². The number of aromatic nitrogens is 2. The van der Waals surface area contributed by atoms with Crippen molar-refractivity contribution in [1.29, 1.82) is 0 Å². The summed E-state index contributed by atoms with van der Waals surface area (Å²) >= 11 is 0. The van der Waals surface area contributed by atoms with Gasteiger partial charge in [-0.3, -0.25) is 9.48 Å². The SMILES string of the molecule is Cn1nccc1C(NC(=O)OCC1c2ccccc2-c2ccccc21)C(=O)NCC(C)(O)C(=O)O. The van der Waals surface area contributed by atoms with Gasteiger partial charge in [0.05, 0.1) is 12.2 Å². The van der Waals surface area contributed by atoms with Crippen LogP contribution in [-0.4, -0.2) is 56.7 Å². The van der Waals surface area contributed by atoms with Crippen molar-refractivity contribution in [3.63, 3.8) is 0 Å². The molecule has 4 rings (SSSR count). The Morgan fingerprint density at radius 3 is 2.23 bits per heavy atom. The average molecular weight is 479 g/mol. The van der Waals surface area contributed by atoms with E-state index in [4.69, 9.17) is 9.84 Å². The van der Waals surface area contributed by atoms with Crippen molar-refractivity contribution in [2.75, 3.05) is 13.2 Å². The van der Waals surface area contributed by atoms with E-state index in [1.807, 2.05) is 48.5 Å². The number of amides is 2. The zero-order chi connectivity index (χ0) is 25.2. The number of aliphatic hydroxyl groups is 1. The molecule has 0 saturated heterocycles. The fourth-order valence-electron chi connectivity index (χ4n) is 4.14. The molecule has 1 aromatic heterocycles. The van der Waals surface area contributed by atoms with Gasteiger partial charge in [-0.2, -0.15) is 5.10 Å². The van der Waals surface area contributed by atoms with Crippen LogP contribution in [0.2, 0.25) is 0 Å². The second kappa shape index (κ2) is 9.59. The Balaban J connectivity index is 1.47. The molecule has 35 heavy (non-hydrogen) atoms. The topological polar surface area (TPSA) is 143 Å². The third-order valence-electron chi connectivity index (χ3n) is 6.09. The molecular weight excluding hydrogens is 452 g/mol. The Morgan fingerprint density at radius 2 is 1.69 bits per heavy atom. The number of nitrogens with one attached hydrogen (secondary N) is 2. The number of ether oxygens (including phenoxy) is 1. The molecule has 2 atom stereocenters. The maximum absolute atomic E-state index is 12.9. The maximum atomic E-state index is 12.9. The largest absolute Gasteiger partial charge is 0.479 e. The van der Waals surface area contributed by atoms with Crippen LogP contribution in [0, 0.1) is 0 Å². The predicted octanol–water partition coefficient (Wildman–Crippen LogP) is 1.95. The highest BCUT2D eigenvalue weighted by molar-refractivity contribution is 5.87. The molecule has 3 aromatic rings. The van der Waals surface area contributed by atoms with Crippen LogP contribution in [-0.2, 0) is 21.4 Å². The van der Waals surface area contributed by atoms with Crippen molar-refractivity contribution >= 4 is 18.0 Å². The van der Waals surface area contributed by atoms with Crippen molar-refractivity contribution in [3.8, 4) is 11.1 Å². The third-order valence-corrected chi connectivity index (χ3v) is 6.09. The van der Waals surface area contributed by atoms with E-state index in [0.29, 0.717) is 5.69 Å². The van der Waals surface area contributed by atoms with E-state index in [-0.39, 0.29) is 12.5 Å². The van der Waals surface area contributed by atoms with Gasteiger partial charge < -0.3 is 25.6 Å². The lowest BCUT2D eigenvalue weighted by Crippen LogP contribution is -2.50. The van der Waals surface area contributed by atoms with E-state index >= 15 is 0 Å². The number of carboxylic acid groups (broad SMARTS) is 1. The van der Waals surface area contributed by atoms with Crippen molar-refractivity contribution in [1.82, 2.24) is 20.4 Å². The van der Waals surface area contributed by atoms with Gasteiger partial charge in [0.2, 0.25) is 5.91 Å². The molecule has 2 aromatic carbocycles. The van der Waals surface area contributed by atoms with Gasteiger partial charge in [-0.25, -0.2) is 9.59 Å². The number of benzene rings is 2. The highest BCUT2D eigenvalue weighted by Gasteiger charge is 2.34. The summed E-state index contributed by atoms with van der Waals surface area (Å²) in [6.45, 7) is 0.572. The molecule has 0 aliphatic heterocycles. The molecule has 0 bridgehead atoms. The van der Waals surface area contributed by atoms with E-state index in [0.717, 1.165) is 29.2 Å². The minimum atomic E-state index is -2.17. The fourth-order valence-corrected chi connectivity index (χ4v) is 4.14. The number of fused-ring (bicyclic) bond motifs is 3. The molecular formula is C25H26N4O6. The molecule has 2 unspecified atom stereocenters. The van der Waals surface area contributed by atoms with Gasteiger partial charge in [0.15, 0.2) is 11.6 Å². The van der Waals surface area contributed by atoms with Crippen molar-refractivity contribution in [3.05, 3.63) is 77.6 Å². The van der Waals surface area contributed by atoms with E-state index < -0.39 is 36.2 Å². The first-order chi connectivity index (χ1) is 16.7. The van der Waals surface area contributed by atoms with E-state index in [2.05, 4.69) is 15.7 Å². The molecule has 2 amide bonds. The quantitative estimate of drug-likeness (QED) is 0.388. The summed E-state index contributed by atoms with van der Waals surface area (Å²) in [5.41, 5.74) is 2.48. The van der Waals surface area contributed by atoms with Gasteiger partial charge in [0, 0.05) is 19.2 Å². The fraction of sp³-hybridized carbons (Fsp3) is 0.280. The predicted molar refractivity (Wildman–Crippen MR) is 125 cm³/mol. The van der Waals surface area contributed by atoms with Crippen LogP contribution in [0.25, 0.3) is 11.1 Å². The number of aryl methyl sites for hydroxylation is 1. The minimum absolute atomic E-state index is 0.0628. The van der Waals surface area contributed by atoms with Gasteiger partial charge in [0.1, 0.15) is 6.61 Å². The number of carbonyl (C=O) groups is 3.